The summed E-state index contributed by atoms with van der Waals surface area (Å²) in [5.74, 6) is -2.44. The van der Waals surface area contributed by atoms with Crippen LogP contribution >= 0.6 is 0 Å². The molecule has 410 valence electrons. The standard InChI is InChI=1S/C56H65N5O16/c1-4-29-74-56-51(59(25-30-73-31-28-64)52(65)24-15-37-11-16-40(17-12-37)60(67)68)35-48(58-75-36-38-13-18-41(19-14-38)61(69)70)45-32-39(9-5-7-26-62)44(10-6-8-27-63)53(54(45)56)46-33-43(21-23-49(46)77-56)76-55(66)57-47-22-20-42(71-2)34-50(47)72-3/h4,11-24,32-34,39,44,51,53-54,62-64H,1,5-10,25-31,35-36H2,2-3H3,(H,57,66)/t39-,44+,51-,53+,54+,56+/m0/s1. The molecule has 4 aromatic carbocycles. The Bertz CT molecular complexity index is 2790. The van der Waals surface area contributed by atoms with Crippen molar-refractivity contribution in [3.05, 3.63) is 152 Å². The number of unbranched alkanes of at least 4 members (excludes halogenated alkanes) is 2. The maximum Gasteiger partial charge on any atom is 0.417 e. The van der Waals surface area contributed by atoms with Crippen molar-refractivity contribution in [3.63, 3.8) is 0 Å². The molecule has 6 atom stereocenters. The summed E-state index contributed by atoms with van der Waals surface area (Å²) in [7, 11) is 2.98. The van der Waals surface area contributed by atoms with E-state index in [1.807, 2.05) is 0 Å². The lowest BCUT2D eigenvalue weighted by molar-refractivity contribution is -0.385. The van der Waals surface area contributed by atoms with Crippen LogP contribution in [0.25, 0.3) is 6.08 Å². The molecule has 2 amide bonds. The molecular weight excluding hydrogens is 999 g/mol. The number of fused-ring (bicyclic) bond motifs is 2. The van der Waals surface area contributed by atoms with Gasteiger partial charge in [0.1, 0.15) is 35.6 Å². The maximum atomic E-state index is 15.1. The predicted octanol–water partition coefficient (Wildman–Crippen LogP) is 8.52. The SMILES string of the molecule is C=CCO[C@@]12Oc3ccc(OC(=O)Nc4ccc(OC)cc4OC)cc3[C@H]3[C@H](CCCCO)[C@@H](CCCCO)C=C(C(=NOCc4ccc([N+](=O)[O-])cc4)C[C@@H]1N(CCOCCO)C(=O)C=Cc1ccc([N+](=O)[O-])cc1)[C@H]32. The van der Waals surface area contributed by atoms with Gasteiger partial charge in [0.2, 0.25) is 11.7 Å². The van der Waals surface area contributed by atoms with Crippen LogP contribution in [-0.2, 0) is 25.7 Å². The lowest BCUT2D eigenvalue weighted by Gasteiger charge is -2.60. The normalized spacial score (nSPS) is 20.7. The van der Waals surface area contributed by atoms with Gasteiger partial charge in [0.05, 0.1) is 67.8 Å². The number of anilines is 1. The summed E-state index contributed by atoms with van der Waals surface area (Å²) >= 11 is 0. The molecule has 1 aliphatic heterocycles. The van der Waals surface area contributed by atoms with Gasteiger partial charge in [-0.3, -0.25) is 30.3 Å². The van der Waals surface area contributed by atoms with Gasteiger partial charge >= 0.3 is 6.09 Å². The van der Waals surface area contributed by atoms with Crippen LogP contribution in [0, 0.1) is 38.0 Å². The van der Waals surface area contributed by atoms with Gasteiger partial charge in [-0.25, -0.2) is 4.79 Å². The fraction of sp³-hybridized carbons (Fsp3) is 0.411. The van der Waals surface area contributed by atoms with Gasteiger partial charge in [-0.2, -0.15) is 0 Å². The molecule has 4 aromatic rings. The molecule has 1 fully saturated rings. The summed E-state index contributed by atoms with van der Waals surface area (Å²) in [6, 6.07) is 20.6. The minimum Gasteiger partial charge on any atom is -0.497 e. The number of benzene rings is 4. The first-order valence-electron chi connectivity index (χ1n) is 25.4. The Morgan fingerprint density at radius 2 is 1.57 bits per heavy atom. The van der Waals surface area contributed by atoms with Crippen molar-refractivity contribution >= 4 is 40.9 Å². The molecule has 0 unspecified atom stereocenters. The second-order valence-corrected chi connectivity index (χ2v) is 18.6. The number of rotatable bonds is 28. The highest BCUT2D eigenvalue weighted by Gasteiger charge is 2.65. The number of non-ortho nitro benzene ring substituents is 2. The molecule has 21 nitrogen and oxygen atoms in total. The topological polar surface area (TPSA) is 273 Å². The van der Waals surface area contributed by atoms with Gasteiger partial charge in [0.25, 0.3) is 11.4 Å². The van der Waals surface area contributed by atoms with Crippen LogP contribution in [0.1, 0.15) is 67.6 Å². The number of amides is 2. The van der Waals surface area contributed by atoms with Crippen molar-refractivity contribution < 1.29 is 68.0 Å². The van der Waals surface area contributed by atoms with E-state index in [0.29, 0.717) is 89.4 Å². The number of aliphatic hydroxyl groups excluding tert-OH is 3. The third-order valence-corrected chi connectivity index (χ3v) is 13.9. The van der Waals surface area contributed by atoms with E-state index in [-0.39, 0.29) is 88.2 Å². The third-order valence-electron chi connectivity index (χ3n) is 13.9. The number of oxime groups is 1. The number of aliphatic hydroxyl groups is 3. The fourth-order valence-corrected chi connectivity index (χ4v) is 10.5. The predicted molar refractivity (Wildman–Crippen MR) is 284 cm³/mol. The lowest BCUT2D eigenvalue weighted by Crippen LogP contribution is -2.70. The van der Waals surface area contributed by atoms with Gasteiger partial charge in [-0.1, -0.05) is 30.1 Å². The molecule has 7 rings (SSSR count). The monoisotopic (exact) mass is 1060 g/mol. The minimum absolute atomic E-state index is 0.00632. The lowest BCUT2D eigenvalue weighted by atomic mass is 9.55. The Morgan fingerprint density at radius 3 is 2.23 bits per heavy atom. The number of hydrogen-bond acceptors (Lipinski definition) is 17. The largest absolute Gasteiger partial charge is 0.497 e. The molecule has 0 saturated heterocycles. The zero-order chi connectivity index (χ0) is 54.9. The fourth-order valence-electron chi connectivity index (χ4n) is 10.5. The first-order chi connectivity index (χ1) is 37.4. The molecule has 0 spiro atoms. The highest BCUT2D eigenvalue weighted by Crippen LogP contribution is 2.62. The summed E-state index contributed by atoms with van der Waals surface area (Å²) in [5, 5.41) is 60.3. The van der Waals surface area contributed by atoms with Crippen LogP contribution in [0.5, 0.6) is 23.0 Å². The molecular formula is C56H65N5O16. The second kappa shape index (κ2) is 27.4. The quantitative estimate of drug-likeness (QED) is 0.0136. The first-order valence-corrected chi connectivity index (χ1v) is 25.4. The molecule has 3 aliphatic rings. The van der Waals surface area contributed by atoms with E-state index in [2.05, 4.69) is 18.0 Å². The summed E-state index contributed by atoms with van der Waals surface area (Å²) < 4.78 is 37.0. The van der Waals surface area contributed by atoms with Crippen LogP contribution in [0.2, 0.25) is 0 Å². The van der Waals surface area contributed by atoms with E-state index in [9.17, 15) is 40.3 Å². The van der Waals surface area contributed by atoms with E-state index in [0.717, 1.165) is 0 Å². The van der Waals surface area contributed by atoms with Gasteiger partial charge in [0.15, 0.2) is 0 Å². The number of nitrogens with one attached hydrogen (secondary N) is 1. The summed E-state index contributed by atoms with van der Waals surface area (Å²) in [6.07, 6.45) is 9.42. The number of hydrogen-bond donors (Lipinski definition) is 4. The molecule has 0 aromatic heterocycles. The van der Waals surface area contributed by atoms with Crippen molar-refractivity contribution in [1.29, 1.82) is 0 Å². The van der Waals surface area contributed by atoms with E-state index < -0.39 is 45.5 Å². The Hall–Kier alpha value is -7.69. The number of methoxy groups -OCH3 is 2. The number of carbonyl (C=O) groups excluding carboxylic acids is 2. The molecule has 0 radical (unpaired) electrons. The molecule has 4 N–H and O–H groups in total. The molecule has 1 heterocycles. The van der Waals surface area contributed by atoms with E-state index in [1.54, 1.807) is 65.6 Å². The number of nitro benzene ring substituents is 2. The van der Waals surface area contributed by atoms with Crippen molar-refractivity contribution in [2.45, 2.75) is 69.3 Å². The van der Waals surface area contributed by atoms with Crippen LogP contribution in [0.15, 0.2) is 120 Å². The third kappa shape index (κ3) is 13.8. The highest BCUT2D eigenvalue weighted by atomic mass is 16.7. The zero-order valence-electron chi connectivity index (χ0n) is 43.0. The number of nitrogens with zero attached hydrogens (tertiary/aromatic N) is 4. The van der Waals surface area contributed by atoms with Crippen LogP contribution in [-0.4, -0.2) is 120 Å². The van der Waals surface area contributed by atoms with Crippen LogP contribution in [0.3, 0.4) is 0 Å². The molecule has 2 aliphatic carbocycles. The Balaban J connectivity index is 1.41. The number of nitro groups is 2. The Morgan fingerprint density at radius 1 is 0.870 bits per heavy atom. The van der Waals surface area contributed by atoms with Crippen molar-refractivity contribution in [2.24, 2.45) is 22.9 Å². The first kappa shape index (κ1) is 57.0. The van der Waals surface area contributed by atoms with E-state index >= 15 is 4.79 Å². The Kier molecular flexibility index (Phi) is 20.3. The van der Waals surface area contributed by atoms with E-state index in [1.165, 1.54) is 56.7 Å². The molecule has 0 bridgehead atoms. The highest BCUT2D eigenvalue weighted by molar-refractivity contribution is 6.03. The minimum atomic E-state index is -1.71. The van der Waals surface area contributed by atoms with Crippen molar-refractivity contribution in [2.75, 3.05) is 65.7 Å². The maximum absolute atomic E-state index is 15.1. The van der Waals surface area contributed by atoms with Gasteiger partial charge in [-0.05, 0) is 115 Å². The van der Waals surface area contributed by atoms with Crippen molar-refractivity contribution in [1.82, 2.24) is 4.90 Å². The average Bonchev–Trinajstić information content (AvgIpc) is 3.52. The second-order valence-electron chi connectivity index (χ2n) is 18.6. The molecule has 1 saturated carbocycles. The van der Waals surface area contributed by atoms with Gasteiger partial charge in [-0.15, -0.1) is 6.58 Å². The van der Waals surface area contributed by atoms with E-state index in [4.69, 9.17) is 38.4 Å². The van der Waals surface area contributed by atoms with Crippen molar-refractivity contribution in [3.8, 4) is 23.0 Å². The molecule has 21 heteroatoms. The van der Waals surface area contributed by atoms with Crippen LogP contribution < -0.4 is 24.3 Å². The molecule has 77 heavy (non-hydrogen) atoms. The number of allylic oxidation sites excluding steroid dienone is 1. The number of carbonyl (C=O) groups is 2. The smallest absolute Gasteiger partial charge is 0.417 e. The number of ether oxygens (including phenoxy) is 6. The van der Waals surface area contributed by atoms with Gasteiger partial charge in [0, 0.05) is 74.1 Å². The summed E-state index contributed by atoms with van der Waals surface area (Å²) in [4.78, 5) is 58.4. The average molecular weight is 1060 g/mol. The Labute approximate surface area is 445 Å². The zero-order valence-corrected chi connectivity index (χ0v) is 43.0. The van der Waals surface area contributed by atoms with Gasteiger partial charge < -0.3 is 53.5 Å². The summed E-state index contributed by atoms with van der Waals surface area (Å²) in [5.41, 5.74) is 3.06. The summed E-state index contributed by atoms with van der Waals surface area (Å²) in [6.45, 7) is 3.47. The van der Waals surface area contributed by atoms with Crippen LogP contribution in [0.4, 0.5) is 21.9 Å².